The van der Waals surface area contributed by atoms with Gasteiger partial charge < -0.3 is 4.74 Å². The van der Waals surface area contributed by atoms with Crippen LogP contribution in [-0.2, 0) is 20.7 Å². The maximum absolute atomic E-state index is 12.3. The predicted octanol–water partition coefficient (Wildman–Crippen LogP) is 2.08. The van der Waals surface area contributed by atoms with Gasteiger partial charge in [-0.25, -0.2) is 8.78 Å². The molecule has 18 heavy (non-hydrogen) atoms. The number of Topliss-reactive ketones (excluding diaryl/α,β-unsaturated/α-hetero) is 1. The second-order valence-electron chi connectivity index (χ2n) is 3.68. The molecule has 0 aliphatic carbocycles. The van der Waals surface area contributed by atoms with Crippen molar-refractivity contribution in [3.63, 3.8) is 0 Å². The first-order valence-electron chi connectivity index (χ1n) is 5.34. The van der Waals surface area contributed by atoms with Gasteiger partial charge in [-0.05, 0) is 12.1 Å². The Hall–Kier alpha value is -1.85. The Balaban J connectivity index is 2.47. The Bertz CT molecular complexity index is 418. The summed E-state index contributed by atoms with van der Waals surface area (Å²) in [5, 5.41) is 0. The van der Waals surface area contributed by atoms with E-state index in [-0.39, 0.29) is 30.6 Å². The van der Waals surface area contributed by atoms with Gasteiger partial charge in [0.15, 0.2) is 0 Å². The highest BCUT2D eigenvalue weighted by Gasteiger charge is 2.10. The molecule has 0 unspecified atom stereocenters. The van der Waals surface area contributed by atoms with Crippen molar-refractivity contribution in [2.75, 3.05) is 7.11 Å². The molecule has 0 amide bonds. The second-order valence-corrected chi connectivity index (χ2v) is 3.68. The molecule has 0 aliphatic heterocycles. The van der Waals surface area contributed by atoms with Crippen LogP contribution in [0.15, 0.2) is 18.3 Å². The van der Waals surface area contributed by atoms with E-state index in [0.29, 0.717) is 5.69 Å². The lowest BCUT2D eigenvalue weighted by Gasteiger charge is -2.02. The zero-order chi connectivity index (χ0) is 13.5. The molecule has 0 saturated heterocycles. The molecular formula is C12H13F2NO3. The van der Waals surface area contributed by atoms with Crippen molar-refractivity contribution in [2.24, 2.45) is 0 Å². The number of carbonyl (C=O) groups excluding carboxylic acids is 2. The van der Waals surface area contributed by atoms with Crippen LogP contribution in [0.1, 0.15) is 30.5 Å². The van der Waals surface area contributed by atoms with Gasteiger partial charge in [0.1, 0.15) is 5.78 Å². The zero-order valence-corrected chi connectivity index (χ0v) is 9.86. The van der Waals surface area contributed by atoms with Gasteiger partial charge >= 0.3 is 5.97 Å². The summed E-state index contributed by atoms with van der Waals surface area (Å²) in [5.41, 5.74) is 0.232. The van der Waals surface area contributed by atoms with Crippen LogP contribution in [0.5, 0.6) is 0 Å². The molecule has 1 rings (SSSR count). The van der Waals surface area contributed by atoms with E-state index in [1.165, 1.54) is 19.2 Å². The van der Waals surface area contributed by atoms with Crippen LogP contribution in [0, 0.1) is 0 Å². The van der Waals surface area contributed by atoms with Crippen LogP contribution >= 0.6 is 0 Å². The Kier molecular flexibility index (Phi) is 5.35. The molecule has 0 aliphatic rings. The molecule has 0 fully saturated rings. The van der Waals surface area contributed by atoms with Crippen LogP contribution < -0.4 is 0 Å². The normalized spacial score (nSPS) is 10.4. The molecule has 0 saturated carbocycles. The molecule has 0 atom stereocenters. The Labute approximate surface area is 103 Å². The standard InChI is InChI=1S/C12H13F2NO3/c1-18-11(17)5-4-10(16)6-9-3-2-8(7-15-9)12(13)14/h2-3,7,12H,4-6H2,1H3. The minimum absolute atomic E-state index is 0.0183. The minimum atomic E-state index is -2.57. The maximum Gasteiger partial charge on any atom is 0.305 e. The summed E-state index contributed by atoms with van der Waals surface area (Å²) >= 11 is 0. The number of pyridine rings is 1. The molecule has 4 nitrogen and oxygen atoms in total. The summed E-state index contributed by atoms with van der Waals surface area (Å²) in [7, 11) is 1.25. The van der Waals surface area contributed by atoms with Crippen molar-refractivity contribution in [1.29, 1.82) is 0 Å². The Morgan fingerprint density at radius 3 is 2.56 bits per heavy atom. The number of methoxy groups -OCH3 is 1. The summed E-state index contributed by atoms with van der Waals surface area (Å²) in [6.07, 6.45) is -1.41. The van der Waals surface area contributed by atoms with Crippen molar-refractivity contribution in [1.82, 2.24) is 4.98 Å². The fourth-order valence-corrected chi connectivity index (χ4v) is 1.30. The Morgan fingerprint density at radius 2 is 2.06 bits per heavy atom. The highest BCUT2D eigenvalue weighted by molar-refractivity contribution is 5.84. The van der Waals surface area contributed by atoms with Gasteiger partial charge in [0.05, 0.1) is 13.5 Å². The van der Waals surface area contributed by atoms with Crippen molar-refractivity contribution in [3.05, 3.63) is 29.6 Å². The number of halogens is 2. The number of esters is 1. The summed E-state index contributed by atoms with van der Waals surface area (Å²) < 4.78 is 28.9. The smallest absolute Gasteiger partial charge is 0.305 e. The second kappa shape index (κ2) is 6.78. The van der Waals surface area contributed by atoms with E-state index in [1.54, 1.807) is 0 Å². The van der Waals surface area contributed by atoms with Crippen LogP contribution in [0.25, 0.3) is 0 Å². The summed E-state index contributed by atoms with van der Waals surface area (Å²) in [6, 6.07) is 2.62. The predicted molar refractivity (Wildman–Crippen MR) is 59.2 cm³/mol. The van der Waals surface area contributed by atoms with Crippen molar-refractivity contribution in [3.8, 4) is 0 Å². The minimum Gasteiger partial charge on any atom is -0.469 e. The highest BCUT2D eigenvalue weighted by atomic mass is 19.3. The lowest BCUT2D eigenvalue weighted by molar-refractivity contribution is -0.141. The number of nitrogens with zero attached hydrogens (tertiary/aromatic N) is 1. The van der Waals surface area contributed by atoms with Gasteiger partial charge in [0.2, 0.25) is 0 Å². The van der Waals surface area contributed by atoms with Gasteiger partial charge in [0.25, 0.3) is 6.43 Å². The lowest BCUT2D eigenvalue weighted by Crippen LogP contribution is -2.08. The molecule has 6 heteroatoms. The van der Waals surface area contributed by atoms with E-state index >= 15 is 0 Å². The number of hydrogen-bond donors (Lipinski definition) is 0. The first-order valence-corrected chi connectivity index (χ1v) is 5.34. The Morgan fingerprint density at radius 1 is 1.33 bits per heavy atom. The number of hydrogen-bond acceptors (Lipinski definition) is 4. The molecule has 0 N–H and O–H groups in total. The molecular weight excluding hydrogens is 244 g/mol. The summed E-state index contributed by atoms with van der Waals surface area (Å²) in [5.74, 6) is -0.637. The van der Waals surface area contributed by atoms with Crippen LogP contribution in [0.4, 0.5) is 8.78 Å². The van der Waals surface area contributed by atoms with Crippen LogP contribution in [-0.4, -0.2) is 23.8 Å². The third kappa shape index (κ3) is 4.57. The quantitative estimate of drug-likeness (QED) is 0.732. The maximum atomic E-state index is 12.3. The third-order valence-corrected chi connectivity index (χ3v) is 2.31. The molecule has 1 heterocycles. The zero-order valence-electron chi connectivity index (χ0n) is 9.86. The number of alkyl halides is 2. The number of carbonyl (C=O) groups is 2. The largest absolute Gasteiger partial charge is 0.469 e. The van der Waals surface area contributed by atoms with Gasteiger partial charge in [-0.15, -0.1) is 0 Å². The monoisotopic (exact) mass is 257 g/mol. The fourth-order valence-electron chi connectivity index (χ4n) is 1.30. The van der Waals surface area contributed by atoms with E-state index in [4.69, 9.17) is 0 Å². The highest BCUT2D eigenvalue weighted by Crippen LogP contribution is 2.17. The average Bonchev–Trinajstić information content (AvgIpc) is 2.36. The van der Waals surface area contributed by atoms with E-state index in [2.05, 4.69) is 9.72 Å². The lowest BCUT2D eigenvalue weighted by atomic mass is 10.1. The topological polar surface area (TPSA) is 56.3 Å². The molecule has 0 aromatic carbocycles. The SMILES string of the molecule is COC(=O)CCC(=O)Cc1ccc(C(F)F)cn1. The molecule has 98 valence electrons. The summed E-state index contributed by atoms with van der Waals surface area (Å²) in [6.45, 7) is 0. The first-order chi connectivity index (χ1) is 8.52. The van der Waals surface area contributed by atoms with Gasteiger partial charge in [0, 0.05) is 30.3 Å². The fraction of sp³-hybridized carbons (Fsp3) is 0.417. The summed E-state index contributed by atoms with van der Waals surface area (Å²) in [4.78, 5) is 26.0. The molecule has 1 aromatic rings. The van der Waals surface area contributed by atoms with Crippen molar-refractivity contribution < 1.29 is 23.1 Å². The van der Waals surface area contributed by atoms with E-state index < -0.39 is 12.4 Å². The number of ketones is 1. The average molecular weight is 257 g/mol. The third-order valence-electron chi connectivity index (χ3n) is 2.31. The van der Waals surface area contributed by atoms with Gasteiger partial charge in [-0.3, -0.25) is 14.6 Å². The van der Waals surface area contributed by atoms with E-state index in [9.17, 15) is 18.4 Å². The number of rotatable bonds is 6. The molecule has 1 aromatic heterocycles. The van der Waals surface area contributed by atoms with E-state index in [1.807, 2.05) is 0 Å². The number of ether oxygens (including phenoxy) is 1. The van der Waals surface area contributed by atoms with Crippen LogP contribution in [0.3, 0.4) is 0 Å². The number of aromatic nitrogens is 1. The molecule has 0 bridgehead atoms. The molecule has 0 spiro atoms. The molecule has 0 radical (unpaired) electrons. The van der Waals surface area contributed by atoms with Gasteiger partial charge in [-0.1, -0.05) is 0 Å². The van der Waals surface area contributed by atoms with Crippen molar-refractivity contribution >= 4 is 11.8 Å². The van der Waals surface area contributed by atoms with Crippen molar-refractivity contribution in [2.45, 2.75) is 25.7 Å². The van der Waals surface area contributed by atoms with E-state index in [0.717, 1.165) is 6.20 Å². The van der Waals surface area contributed by atoms with Gasteiger partial charge in [-0.2, -0.15) is 0 Å². The first kappa shape index (κ1) is 14.2. The van der Waals surface area contributed by atoms with Crippen LogP contribution in [0.2, 0.25) is 0 Å².